The van der Waals surface area contributed by atoms with Gasteiger partial charge in [0.25, 0.3) is 0 Å². The zero-order valence-electron chi connectivity index (χ0n) is 10.3. The van der Waals surface area contributed by atoms with Gasteiger partial charge < -0.3 is 14.9 Å². The summed E-state index contributed by atoms with van der Waals surface area (Å²) in [7, 11) is 0. The van der Waals surface area contributed by atoms with Crippen molar-refractivity contribution >= 4 is 5.97 Å². The van der Waals surface area contributed by atoms with Crippen LogP contribution in [0.5, 0.6) is 0 Å². The largest absolute Gasteiger partial charge is 0.480 e. The van der Waals surface area contributed by atoms with Crippen LogP contribution in [-0.4, -0.2) is 47.6 Å². The Morgan fingerprint density at radius 1 is 1.50 bits per heavy atom. The van der Waals surface area contributed by atoms with E-state index in [0.717, 1.165) is 6.42 Å². The summed E-state index contributed by atoms with van der Waals surface area (Å²) in [5, 5.41) is 21.5. The van der Waals surface area contributed by atoms with Crippen molar-refractivity contribution in [2.24, 2.45) is 0 Å². The number of aliphatic hydroxyl groups is 1. The Kier molecular flexibility index (Phi) is 7.29. The summed E-state index contributed by atoms with van der Waals surface area (Å²) in [6, 6.07) is 0. The Hall–Kier alpha value is -0.650. The van der Waals surface area contributed by atoms with Gasteiger partial charge in [-0.3, -0.25) is 10.1 Å². The van der Waals surface area contributed by atoms with Gasteiger partial charge in [0.2, 0.25) is 0 Å². The summed E-state index contributed by atoms with van der Waals surface area (Å²) in [5.74, 6) is -0.891. The van der Waals surface area contributed by atoms with Crippen molar-refractivity contribution in [1.29, 1.82) is 0 Å². The van der Waals surface area contributed by atoms with E-state index >= 15 is 0 Å². The number of aliphatic hydroxyl groups excluding tert-OH is 1. The molecule has 0 radical (unpaired) electrons. The lowest BCUT2D eigenvalue weighted by Gasteiger charge is -2.27. The van der Waals surface area contributed by atoms with E-state index in [0.29, 0.717) is 13.0 Å². The maximum absolute atomic E-state index is 11.1. The molecule has 0 saturated heterocycles. The van der Waals surface area contributed by atoms with Crippen LogP contribution in [0.15, 0.2) is 0 Å². The Bertz CT molecular complexity index is 210. The fourth-order valence-electron chi connectivity index (χ4n) is 1.43. The Labute approximate surface area is 96.8 Å². The molecule has 0 spiro atoms. The molecular formula is C11H23NO4. The number of carboxylic acids is 1. The average molecular weight is 233 g/mol. The first kappa shape index (κ1) is 15.3. The predicted octanol–water partition coefficient (Wildman–Crippen LogP) is 0.617. The normalized spacial score (nSPS) is 16.8. The molecule has 2 unspecified atom stereocenters. The van der Waals surface area contributed by atoms with Gasteiger partial charge in [-0.2, -0.15) is 0 Å². The molecule has 5 nitrogen and oxygen atoms in total. The van der Waals surface area contributed by atoms with E-state index in [-0.39, 0.29) is 13.2 Å². The minimum Gasteiger partial charge on any atom is -0.480 e. The first-order valence-electron chi connectivity index (χ1n) is 5.70. The number of aliphatic carboxylic acids is 1. The molecule has 0 heterocycles. The van der Waals surface area contributed by atoms with Crippen molar-refractivity contribution in [1.82, 2.24) is 5.32 Å². The molecule has 16 heavy (non-hydrogen) atoms. The summed E-state index contributed by atoms with van der Waals surface area (Å²) in [5.41, 5.74) is -0.970. The van der Waals surface area contributed by atoms with Crippen LogP contribution >= 0.6 is 0 Å². The average Bonchev–Trinajstić information content (AvgIpc) is 2.23. The van der Waals surface area contributed by atoms with Gasteiger partial charge in [-0.1, -0.05) is 13.3 Å². The van der Waals surface area contributed by atoms with Gasteiger partial charge in [0.05, 0.1) is 12.7 Å². The van der Waals surface area contributed by atoms with E-state index in [1.807, 2.05) is 13.8 Å². The summed E-state index contributed by atoms with van der Waals surface area (Å²) in [6.45, 7) is 6.40. The Balaban J connectivity index is 4.06. The van der Waals surface area contributed by atoms with E-state index in [1.54, 1.807) is 6.92 Å². The van der Waals surface area contributed by atoms with E-state index in [2.05, 4.69) is 5.32 Å². The highest BCUT2D eigenvalue weighted by atomic mass is 16.5. The Morgan fingerprint density at radius 3 is 2.56 bits per heavy atom. The number of carbonyl (C=O) groups is 1. The minimum absolute atomic E-state index is 0.225. The molecule has 0 aromatic rings. The number of β-amino-alcohol motifs (C(OH)–C–C–N with tert-alkyl or cyclic N) is 1. The van der Waals surface area contributed by atoms with Crippen LogP contribution in [0, 0.1) is 0 Å². The van der Waals surface area contributed by atoms with Crippen molar-refractivity contribution in [2.75, 3.05) is 19.8 Å². The van der Waals surface area contributed by atoms with Gasteiger partial charge in [0.15, 0.2) is 0 Å². The number of hydrogen-bond acceptors (Lipinski definition) is 4. The van der Waals surface area contributed by atoms with Crippen molar-refractivity contribution < 1.29 is 19.7 Å². The number of rotatable bonds is 9. The van der Waals surface area contributed by atoms with E-state index in [9.17, 15) is 9.90 Å². The maximum atomic E-state index is 11.1. The van der Waals surface area contributed by atoms with Gasteiger partial charge in [-0.25, -0.2) is 0 Å². The van der Waals surface area contributed by atoms with Gasteiger partial charge in [0, 0.05) is 13.2 Å². The van der Waals surface area contributed by atoms with Crippen LogP contribution in [0.1, 0.15) is 33.6 Å². The van der Waals surface area contributed by atoms with Crippen LogP contribution in [0.25, 0.3) is 0 Å². The Morgan fingerprint density at radius 2 is 2.12 bits per heavy atom. The van der Waals surface area contributed by atoms with E-state index in [4.69, 9.17) is 9.84 Å². The lowest BCUT2D eigenvalue weighted by atomic mass is 9.96. The monoisotopic (exact) mass is 233 g/mol. The van der Waals surface area contributed by atoms with Gasteiger partial charge in [0.1, 0.15) is 5.54 Å². The van der Waals surface area contributed by atoms with Gasteiger partial charge in [-0.15, -0.1) is 0 Å². The van der Waals surface area contributed by atoms with Crippen molar-refractivity contribution in [3.05, 3.63) is 0 Å². The summed E-state index contributed by atoms with van der Waals surface area (Å²) in [4.78, 5) is 11.1. The highest BCUT2D eigenvalue weighted by molar-refractivity contribution is 5.78. The lowest BCUT2D eigenvalue weighted by Crippen LogP contribution is -2.52. The second-order valence-electron chi connectivity index (χ2n) is 4.08. The lowest BCUT2D eigenvalue weighted by molar-refractivity contribution is -0.144. The molecule has 0 fully saturated rings. The van der Waals surface area contributed by atoms with Crippen LogP contribution in [0.4, 0.5) is 0 Å². The molecule has 2 atom stereocenters. The minimum atomic E-state index is -0.970. The molecule has 5 heteroatoms. The number of nitrogens with one attached hydrogen (secondary N) is 1. The van der Waals surface area contributed by atoms with Crippen molar-refractivity contribution in [2.45, 2.75) is 45.3 Å². The SMILES string of the molecule is CCCC(C)(NCC(O)COCC)C(=O)O. The standard InChI is InChI=1S/C11H23NO4/c1-4-6-11(3,10(14)15)12-7-9(13)8-16-5-2/h9,12-13H,4-8H2,1-3H3,(H,14,15). The molecule has 0 rings (SSSR count). The third kappa shape index (κ3) is 5.44. The molecule has 0 aromatic heterocycles. The smallest absolute Gasteiger partial charge is 0.323 e. The molecule has 0 amide bonds. The molecule has 0 bridgehead atoms. The molecule has 3 N–H and O–H groups in total. The van der Waals surface area contributed by atoms with Crippen molar-refractivity contribution in [3.8, 4) is 0 Å². The van der Waals surface area contributed by atoms with Gasteiger partial charge >= 0.3 is 5.97 Å². The maximum Gasteiger partial charge on any atom is 0.323 e. The van der Waals surface area contributed by atoms with Crippen LogP contribution < -0.4 is 5.32 Å². The second kappa shape index (κ2) is 7.60. The molecule has 0 aliphatic rings. The first-order valence-corrected chi connectivity index (χ1v) is 5.70. The van der Waals surface area contributed by atoms with Crippen LogP contribution in [-0.2, 0) is 9.53 Å². The fourth-order valence-corrected chi connectivity index (χ4v) is 1.43. The highest BCUT2D eigenvalue weighted by Gasteiger charge is 2.31. The topological polar surface area (TPSA) is 78.8 Å². The zero-order valence-corrected chi connectivity index (χ0v) is 10.3. The third-order valence-corrected chi connectivity index (χ3v) is 2.46. The summed E-state index contributed by atoms with van der Waals surface area (Å²) in [6.07, 6.45) is 0.636. The summed E-state index contributed by atoms with van der Waals surface area (Å²) < 4.78 is 5.04. The number of carboxylic acid groups (broad SMARTS) is 1. The fraction of sp³-hybridized carbons (Fsp3) is 0.909. The second-order valence-corrected chi connectivity index (χ2v) is 4.08. The molecular weight excluding hydrogens is 210 g/mol. The first-order chi connectivity index (χ1) is 7.46. The van der Waals surface area contributed by atoms with Crippen LogP contribution in [0.3, 0.4) is 0 Å². The molecule has 0 aliphatic carbocycles. The van der Waals surface area contributed by atoms with Gasteiger partial charge in [-0.05, 0) is 20.3 Å². The molecule has 96 valence electrons. The zero-order chi connectivity index (χ0) is 12.6. The number of hydrogen-bond donors (Lipinski definition) is 3. The predicted molar refractivity (Wildman–Crippen MR) is 61.5 cm³/mol. The highest BCUT2D eigenvalue weighted by Crippen LogP contribution is 2.12. The molecule has 0 saturated carbocycles. The quantitative estimate of drug-likeness (QED) is 0.544. The summed E-state index contributed by atoms with van der Waals surface area (Å²) >= 11 is 0. The number of ether oxygens (including phenoxy) is 1. The third-order valence-electron chi connectivity index (χ3n) is 2.46. The van der Waals surface area contributed by atoms with E-state index < -0.39 is 17.6 Å². The molecule has 0 aliphatic heterocycles. The van der Waals surface area contributed by atoms with Crippen molar-refractivity contribution in [3.63, 3.8) is 0 Å². The van der Waals surface area contributed by atoms with E-state index in [1.165, 1.54) is 0 Å². The molecule has 0 aromatic carbocycles. The van der Waals surface area contributed by atoms with Crippen LogP contribution in [0.2, 0.25) is 0 Å².